The second-order valence-electron chi connectivity index (χ2n) is 6.12. The molecule has 0 amide bonds. The molecular formula is C17H26F3IN4. The Morgan fingerprint density at radius 3 is 2.60 bits per heavy atom. The maximum atomic E-state index is 12.3. The Hall–Kier alpha value is -1.03. The standard InChI is InChI=1S/C17H25F3N4.HI/c1-21-16(22-9-5-10-23(2)13-17(18,19)20)24-11-8-14-6-3-4-7-15(14)12-24;/h3-4,6-7H,5,8-13H2,1-2H3,(H,21,22);1H. The van der Waals surface area contributed by atoms with Gasteiger partial charge in [-0.15, -0.1) is 24.0 Å². The summed E-state index contributed by atoms with van der Waals surface area (Å²) in [6, 6.07) is 8.37. The summed E-state index contributed by atoms with van der Waals surface area (Å²) in [4.78, 5) is 7.77. The van der Waals surface area contributed by atoms with Crippen molar-refractivity contribution in [3.05, 3.63) is 35.4 Å². The Bertz CT molecular complexity index is 563. The number of benzene rings is 1. The van der Waals surface area contributed by atoms with Gasteiger partial charge in [-0.25, -0.2) is 0 Å². The van der Waals surface area contributed by atoms with Crippen LogP contribution >= 0.6 is 24.0 Å². The van der Waals surface area contributed by atoms with E-state index in [-0.39, 0.29) is 24.0 Å². The van der Waals surface area contributed by atoms with Crippen LogP contribution in [0.1, 0.15) is 17.5 Å². The van der Waals surface area contributed by atoms with Crippen LogP contribution in [0.5, 0.6) is 0 Å². The van der Waals surface area contributed by atoms with E-state index in [9.17, 15) is 13.2 Å². The summed E-state index contributed by atoms with van der Waals surface area (Å²) in [6.07, 6.45) is -2.53. The number of nitrogens with zero attached hydrogens (tertiary/aromatic N) is 3. The lowest BCUT2D eigenvalue weighted by molar-refractivity contribution is -0.143. The van der Waals surface area contributed by atoms with Gasteiger partial charge in [0.05, 0.1) is 6.54 Å². The summed E-state index contributed by atoms with van der Waals surface area (Å²) in [7, 11) is 3.22. The van der Waals surface area contributed by atoms with E-state index in [2.05, 4.69) is 33.4 Å². The van der Waals surface area contributed by atoms with Crippen molar-refractivity contribution in [1.82, 2.24) is 15.1 Å². The number of hydrogen-bond acceptors (Lipinski definition) is 2. The number of halogens is 4. The first kappa shape index (κ1) is 22.0. The number of aliphatic imine (C=N–C) groups is 1. The van der Waals surface area contributed by atoms with Crippen LogP contribution in [-0.4, -0.2) is 62.2 Å². The van der Waals surface area contributed by atoms with Gasteiger partial charge in [-0.05, 0) is 37.6 Å². The molecule has 0 saturated carbocycles. The van der Waals surface area contributed by atoms with E-state index < -0.39 is 12.7 Å². The quantitative estimate of drug-likeness (QED) is 0.311. The molecule has 1 heterocycles. The van der Waals surface area contributed by atoms with E-state index in [0.717, 1.165) is 25.5 Å². The minimum absolute atomic E-state index is 0. The van der Waals surface area contributed by atoms with Gasteiger partial charge in [-0.3, -0.25) is 9.89 Å². The van der Waals surface area contributed by atoms with Crippen molar-refractivity contribution >= 4 is 29.9 Å². The Kier molecular flexibility index (Phi) is 8.98. The number of hydrogen-bond donors (Lipinski definition) is 1. The molecule has 0 fully saturated rings. The average molecular weight is 470 g/mol. The molecule has 1 N–H and O–H groups in total. The lowest BCUT2D eigenvalue weighted by Gasteiger charge is -2.31. The van der Waals surface area contributed by atoms with E-state index in [0.29, 0.717) is 19.5 Å². The topological polar surface area (TPSA) is 30.9 Å². The third kappa shape index (κ3) is 7.39. The molecule has 0 spiro atoms. The summed E-state index contributed by atoms with van der Waals surface area (Å²) in [5, 5.41) is 3.26. The predicted molar refractivity (Wildman–Crippen MR) is 106 cm³/mol. The Balaban J connectivity index is 0.00000312. The van der Waals surface area contributed by atoms with Crippen molar-refractivity contribution in [2.24, 2.45) is 4.99 Å². The predicted octanol–water partition coefficient (Wildman–Crippen LogP) is 3.12. The maximum absolute atomic E-state index is 12.3. The van der Waals surface area contributed by atoms with Gasteiger partial charge in [0.25, 0.3) is 0 Å². The number of fused-ring (bicyclic) bond motifs is 1. The number of nitrogens with one attached hydrogen (secondary N) is 1. The van der Waals surface area contributed by atoms with Crippen LogP contribution in [0.3, 0.4) is 0 Å². The summed E-state index contributed by atoms with van der Waals surface area (Å²) >= 11 is 0. The fraction of sp³-hybridized carbons (Fsp3) is 0.588. The molecule has 0 atom stereocenters. The average Bonchev–Trinajstić information content (AvgIpc) is 2.53. The molecule has 0 bridgehead atoms. The van der Waals surface area contributed by atoms with Gasteiger partial charge in [0.2, 0.25) is 0 Å². The number of guanidine groups is 1. The lowest BCUT2D eigenvalue weighted by Crippen LogP contribution is -2.44. The Morgan fingerprint density at radius 1 is 1.28 bits per heavy atom. The minimum atomic E-state index is -4.14. The molecule has 0 unspecified atom stereocenters. The molecule has 0 saturated heterocycles. The molecule has 2 rings (SSSR count). The highest BCUT2D eigenvalue weighted by molar-refractivity contribution is 14.0. The fourth-order valence-corrected chi connectivity index (χ4v) is 2.94. The Labute approximate surface area is 164 Å². The highest BCUT2D eigenvalue weighted by Gasteiger charge is 2.28. The second kappa shape index (κ2) is 10.2. The van der Waals surface area contributed by atoms with Crippen LogP contribution < -0.4 is 5.32 Å². The largest absolute Gasteiger partial charge is 0.401 e. The van der Waals surface area contributed by atoms with Gasteiger partial charge in [-0.1, -0.05) is 24.3 Å². The van der Waals surface area contributed by atoms with E-state index >= 15 is 0 Å². The van der Waals surface area contributed by atoms with Gasteiger partial charge in [0, 0.05) is 26.7 Å². The van der Waals surface area contributed by atoms with Crippen LogP contribution in [0.25, 0.3) is 0 Å². The number of alkyl halides is 3. The first-order valence-electron chi connectivity index (χ1n) is 8.17. The third-order valence-corrected chi connectivity index (χ3v) is 4.09. The summed E-state index contributed by atoms with van der Waals surface area (Å²) in [5.41, 5.74) is 2.68. The molecule has 0 aromatic heterocycles. The van der Waals surface area contributed by atoms with Crippen LogP contribution in [0.15, 0.2) is 29.3 Å². The van der Waals surface area contributed by atoms with Gasteiger partial charge < -0.3 is 10.2 Å². The van der Waals surface area contributed by atoms with E-state index in [1.165, 1.54) is 23.1 Å². The fourth-order valence-electron chi connectivity index (χ4n) is 2.94. The van der Waals surface area contributed by atoms with E-state index in [4.69, 9.17) is 0 Å². The monoisotopic (exact) mass is 470 g/mol. The van der Waals surface area contributed by atoms with Crippen molar-refractivity contribution in [2.75, 3.05) is 40.3 Å². The van der Waals surface area contributed by atoms with Gasteiger partial charge >= 0.3 is 6.18 Å². The van der Waals surface area contributed by atoms with Crippen LogP contribution in [0.4, 0.5) is 13.2 Å². The van der Waals surface area contributed by atoms with Crippen LogP contribution in [-0.2, 0) is 13.0 Å². The first-order valence-corrected chi connectivity index (χ1v) is 8.17. The molecule has 1 aromatic carbocycles. The second-order valence-corrected chi connectivity index (χ2v) is 6.12. The highest BCUT2D eigenvalue weighted by Crippen LogP contribution is 2.18. The van der Waals surface area contributed by atoms with Gasteiger partial charge in [0.15, 0.2) is 5.96 Å². The zero-order chi connectivity index (χ0) is 17.6. The van der Waals surface area contributed by atoms with Crippen molar-refractivity contribution in [1.29, 1.82) is 0 Å². The molecule has 142 valence electrons. The molecule has 4 nitrogen and oxygen atoms in total. The zero-order valence-electron chi connectivity index (χ0n) is 14.6. The molecule has 0 aliphatic carbocycles. The molecule has 25 heavy (non-hydrogen) atoms. The van der Waals surface area contributed by atoms with Crippen molar-refractivity contribution < 1.29 is 13.2 Å². The Morgan fingerprint density at radius 2 is 1.96 bits per heavy atom. The molecule has 1 aromatic rings. The van der Waals surface area contributed by atoms with Crippen LogP contribution in [0, 0.1) is 0 Å². The lowest BCUT2D eigenvalue weighted by atomic mass is 10.0. The smallest absolute Gasteiger partial charge is 0.356 e. The van der Waals surface area contributed by atoms with Crippen molar-refractivity contribution in [2.45, 2.75) is 25.6 Å². The molecule has 8 heteroatoms. The van der Waals surface area contributed by atoms with Crippen molar-refractivity contribution in [3.63, 3.8) is 0 Å². The molecule has 1 aliphatic rings. The highest BCUT2D eigenvalue weighted by atomic mass is 127. The molecule has 1 aliphatic heterocycles. The SMILES string of the molecule is CN=C(NCCCN(C)CC(F)(F)F)N1CCc2ccccc2C1.I. The minimum Gasteiger partial charge on any atom is -0.356 e. The molecule has 0 radical (unpaired) electrons. The molecular weight excluding hydrogens is 444 g/mol. The summed E-state index contributed by atoms with van der Waals surface area (Å²) in [6.45, 7) is 1.83. The first-order chi connectivity index (χ1) is 11.4. The van der Waals surface area contributed by atoms with Crippen LogP contribution in [0.2, 0.25) is 0 Å². The number of rotatable bonds is 5. The third-order valence-electron chi connectivity index (χ3n) is 4.09. The normalized spacial score (nSPS) is 15.0. The summed E-state index contributed by atoms with van der Waals surface area (Å²) < 4.78 is 36.8. The van der Waals surface area contributed by atoms with Gasteiger partial charge in [0.1, 0.15) is 0 Å². The van der Waals surface area contributed by atoms with E-state index in [1.54, 1.807) is 7.05 Å². The summed E-state index contributed by atoms with van der Waals surface area (Å²) in [5.74, 6) is 0.808. The maximum Gasteiger partial charge on any atom is 0.401 e. The van der Waals surface area contributed by atoms with Crippen molar-refractivity contribution in [3.8, 4) is 0 Å². The zero-order valence-corrected chi connectivity index (χ0v) is 17.0. The van der Waals surface area contributed by atoms with E-state index in [1.807, 2.05) is 6.07 Å². The van der Waals surface area contributed by atoms with Gasteiger partial charge in [-0.2, -0.15) is 13.2 Å².